The van der Waals surface area contributed by atoms with Crippen LogP contribution in [0, 0.1) is 0 Å². The maximum absolute atomic E-state index is 12.0. The fourth-order valence-electron chi connectivity index (χ4n) is 2.50. The molecule has 2 aromatic carbocycles. The van der Waals surface area contributed by atoms with Gasteiger partial charge in [-0.1, -0.05) is 30.3 Å². The van der Waals surface area contributed by atoms with Gasteiger partial charge in [-0.3, -0.25) is 4.79 Å². The van der Waals surface area contributed by atoms with Crippen LogP contribution in [0.3, 0.4) is 0 Å². The number of benzene rings is 2. The Bertz CT molecular complexity index is 878. The largest absolute Gasteiger partial charge is 0.348 e. The van der Waals surface area contributed by atoms with Crippen molar-refractivity contribution in [3.63, 3.8) is 0 Å². The number of para-hydroxylation sites is 1. The van der Waals surface area contributed by atoms with Crippen molar-refractivity contribution in [1.82, 2.24) is 20.1 Å². The minimum Gasteiger partial charge on any atom is -0.348 e. The third-order valence-corrected chi connectivity index (χ3v) is 3.85. The Morgan fingerprint density at radius 2 is 1.67 bits per heavy atom. The van der Waals surface area contributed by atoms with Crippen LogP contribution in [0.2, 0.25) is 0 Å². The molecular weight excluding hydrogens is 344 g/mol. The molecule has 138 valence electrons. The van der Waals surface area contributed by atoms with E-state index in [9.17, 15) is 9.59 Å². The Labute approximate surface area is 156 Å². The molecule has 8 nitrogen and oxygen atoms in total. The van der Waals surface area contributed by atoms with Crippen LogP contribution in [0.5, 0.6) is 0 Å². The lowest BCUT2D eigenvalue weighted by molar-refractivity contribution is -0.122. The average Bonchev–Trinajstić information content (AvgIpc) is 3.15. The first-order chi connectivity index (χ1) is 13.1. The van der Waals surface area contributed by atoms with E-state index in [0.29, 0.717) is 5.69 Å². The molecule has 0 aliphatic carbocycles. The molecule has 27 heavy (non-hydrogen) atoms. The molecule has 0 saturated heterocycles. The number of carbonyl (C=O) groups is 2. The van der Waals surface area contributed by atoms with E-state index in [1.165, 1.54) is 17.3 Å². The van der Waals surface area contributed by atoms with Gasteiger partial charge in [0.05, 0.1) is 6.04 Å². The molecule has 3 aromatic rings. The summed E-state index contributed by atoms with van der Waals surface area (Å²) in [7, 11) is 0. The first-order valence-corrected chi connectivity index (χ1v) is 8.45. The summed E-state index contributed by atoms with van der Waals surface area (Å²) in [6, 6.07) is 16.0. The molecule has 1 unspecified atom stereocenters. The maximum Gasteiger partial charge on any atom is 0.323 e. The summed E-state index contributed by atoms with van der Waals surface area (Å²) in [6.45, 7) is 2.01. The number of carbonyl (C=O) groups excluding carboxylic acids is 2. The van der Waals surface area contributed by atoms with Gasteiger partial charge >= 0.3 is 6.03 Å². The molecule has 0 saturated carbocycles. The molecule has 0 aliphatic rings. The summed E-state index contributed by atoms with van der Waals surface area (Å²) >= 11 is 0. The van der Waals surface area contributed by atoms with E-state index in [1.807, 2.05) is 49.4 Å². The summed E-state index contributed by atoms with van der Waals surface area (Å²) in [5.74, 6) is -0.155. The molecular formula is C19H20N6O2. The van der Waals surface area contributed by atoms with Gasteiger partial charge in [0.1, 0.15) is 19.2 Å². The number of hydrogen-bond acceptors (Lipinski definition) is 4. The summed E-state index contributed by atoms with van der Waals surface area (Å²) < 4.78 is 1.46. The highest BCUT2D eigenvalue weighted by Gasteiger charge is 2.11. The highest BCUT2D eigenvalue weighted by atomic mass is 16.2. The number of aromatic nitrogens is 3. The van der Waals surface area contributed by atoms with E-state index in [2.05, 4.69) is 26.0 Å². The average molecular weight is 364 g/mol. The lowest BCUT2D eigenvalue weighted by atomic mass is 10.1. The first-order valence-electron chi connectivity index (χ1n) is 8.45. The number of rotatable bonds is 6. The second-order valence-electron chi connectivity index (χ2n) is 5.95. The minimum absolute atomic E-state index is 0.115. The van der Waals surface area contributed by atoms with Crippen molar-refractivity contribution in [2.24, 2.45) is 0 Å². The van der Waals surface area contributed by atoms with Crippen molar-refractivity contribution < 1.29 is 9.59 Å². The highest BCUT2D eigenvalue weighted by molar-refractivity contribution is 5.99. The lowest BCUT2D eigenvalue weighted by Gasteiger charge is -2.15. The van der Waals surface area contributed by atoms with Crippen molar-refractivity contribution in [3.05, 3.63) is 72.8 Å². The minimum atomic E-state index is -0.317. The molecule has 0 spiro atoms. The molecule has 0 aliphatic heterocycles. The lowest BCUT2D eigenvalue weighted by Crippen LogP contribution is -2.30. The summed E-state index contributed by atoms with van der Waals surface area (Å²) in [5, 5.41) is 12.3. The van der Waals surface area contributed by atoms with Gasteiger partial charge in [-0.15, -0.1) is 0 Å². The Morgan fingerprint density at radius 3 is 2.30 bits per heavy atom. The molecule has 1 aromatic heterocycles. The zero-order valence-corrected chi connectivity index (χ0v) is 14.8. The van der Waals surface area contributed by atoms with E-state index in [-0.39, 0.29) is 24.5 Å². The number of anilines is 2. The van der Waals surface area contributed by atoms with E-state index in [0.717, 1.165) is 11.3 Å². The standard InChI is InChI=1S/C19H20N6O2/c1-14(22-18(26)11-25-13-20-12-21-25)15-7-9-17(10-8-15)24-19(27)23-16-5-3-2-4-6-16/h2-10,12-14H,11H2,1H3,(H,22,26)(H2,23,24,27). The monoisotopic (exact) mass is 364 g/mol. The molecule has 1 atom stereocenters. The van der Waals surface area contributed by atoms with E-state index < -0.39 is 0 Å². The third kappa shape index (κ3) is 5.40. The van der Waals surface area contributed by atoms with Crippen LogP contribution in [0.4, 0.5) is 16.2 Å². The van der Waals surface area contributed by atoms with Crippen LogP contribution in [-0.4, -0.2) is 26.7 Å². The van der Waals surface area contributed by atoms with Crippen LogP contribution >= 0.6 is 0 Å². The zero-order valence-electron chi connectivity index (χ0n) is 14.8. The second-order valence-corrected chi connectivity index (χ2v) is 5.95. The SMILES string of the molecule is CC(NC(=O)Cn1cncn1)c1ccc(NC(=O)Nc2ccccc2)cc1. The smallest absolute Gasteiger partial charge is 0.323 e. The number of nitrogens with one attached hydrogen (secondary N) is 3. The normalized spacial score (nSPS) is 11.4. The summed E-state index contributed by atoms with van der Waals surface area (Å²) in [4.78, 5) is 27.8. The van der Waals surface area contributed by atoms with Crippen LogP contribution in [-0.2, 0) is 11.3 Å². The van der Waals surface area contributed by atoms with Gasteiger partial charge in [-0.25, -0.2) is 14.5 Å². The number of nitrogens with zero attached hydrogens (tertiary/aromatic N) is 3. The maximum atomic E-state index is 12.0. The second kappa shape index (κ2) is 8.61. The molecule has 0 bridgehead atoms. The van der Waals surface area contributed by atoms with Crippen LogP contribution < -0.4 is 16.0 Å². The molecule has 0 radical (unpaired) electrons. The van der Waals surface area contributed by atoms with Gasteiger partial charge in [0.15, 0.2) is 0 Å². The van der Waals surface area contributed by atoms with E-state index in [1.54, 1.807) is 12.1 Å². The number of amides is 3. The fourth-order valence-corrected chi connectivity index (χ4v) is 2.50. The first kappa shape index (κ1) is 18.1. The van der Waals surface area contributed by atoms with E-state index >= 15 is 0 Å². The van der Waals surface area contributed by atoms with Gasteiger partial charge < -0.3 is 16.0 Å². The predicted octanol–water partition coefficient (Wildman–Crippen LogP) is 2.80. The molecule has 0 fully saturated rings. The van der Waals surface area contributed by atoms with Crippen molar-refractivity contribution in [2.75, 3.05) is 10.6 Å². The van der Waals surface area contributed by atoms with Gasteiger partial charge in [-0.2, -0.15) is 5.10 Å². The van der Waals surface area contributed by atoms with Gasteiger partial charge in [0.25, 0.3) is 0 Å². The Morgan fingerprint density at radius 1 is 1.00 bits per heavy atom. The van der Waals surface area contributed by atoms with Crippen molar-refractivity contribution >= 4 is 23.3 Å². The molecule has 8 heteroatoms. The fraction of sp³-hybridized carbons (Fsp3) is 0.158. The molecule has 1 heterocycles. The third-order valence-electron chi connectivity index (χ3n) is 3.85. The Balaban J connectivity index is 1.51. The van der Waals surface area contributed by atoms with Crippen LogP contribution in [0.1, 0.15) is 18.5 Å². The highest BCUT2D eigenvalue weighted by Crippen LogP contribution is 2.16. The number of hydrogen-bond donors (Lipinski definition) is 3. The van der Waals surface area contributed by atoms with Crippen molar-refractivity contribution in [2.45, 2.75) is 19.5 Å². The van der Waals surface area contributed by atoms with Gasteiger partial charge in [0, 0.05) is 11.4 Å². The molecule has 3 rings (SSSR count). The van der Waals surface area contributed by atoms with Gasteiger partial charge in [0.2, 0.25) is 5.91 Å². The zero-order chi connectivity index (χ0) is 19.1. The predicted molar refractivity (Wildman–Crippen MR) is 102 cm³/mol. The summed E-state index contributed by atoms with van der Waals surface area (Å²) in [5.41, 5.74) is 2.31. The van der Waals surface area contributed by atoms with Crippen LogP contribution in [0.25, 0.3) is 0 Å². The van der Waals surface area contributed by atoms with E-state index in [4.69, 9.17) is 0 Å². The van der Waals surface area contributed by atoms with Crippen molar-refractivity contribution in [3.8, 4) is 0 Å². The molecule has 3 N–H and O–H groups in total. The van der Waals surface area contributed by atoms with Crippen molar-refractivity contribution in [1.29, 1.82) is 0 Å². The summed E-state index contributed by atoms with van der Waals surface area (Å²) in [6.07, 6.45) is 2.88. The molecule has 3 amide bonds. The quantitative estimate of drug-likeness (QED) is 0.626. The van der Waals surface area contributed by atoms with Gasteiger partial charge in [-0.05, 0) is 36.8 Å². The van der Waals surface area contributed by atoms with Crippen LogP contribution in [0.15, 0.2) is 67.3 Å². The Kier molecular flexibility index (Phi) is 5.78. The Hall–Kier alpha value is -3.68. The number of urea groups is 1. The topological polar surface area (TPSA) is 101 Å².